The number of hydrogen-bond donors (Lipinski definition) is 2. The molecule has 0 saturated heterocycles. The molecule has 0 atom stereocenters. The van der Waals surface area contributed by atoms with Crippen LogP contribution in [-0.4, -0.2) is 27.8 Å². The monoisotopic (exact) mass is 247 g/mol. The van der Waals surface area contributed by atoms with Gasteiger partial charge in [0.2, 0.25) is 0 Å². The minimum atomic E-state index is 0.825. The smallest absolute Gasteiger partial charge is 0.195 e. The molecule has 2 N–H and O–H groups in total. The third-order valence-electron chi connectivity index (χ3n) is 2.84. The Morgan fingerprint density at radius 2 is 2.06 bits per heavy atom. The molecule has 2 aromatic rings. The van der Waals surface area contributed by atoms with E-state index in [9.17, 15) is 0 Å². The summed E-state index contributed by atoms with van der Waals surface area (Å²) in [6.45, 7) is 5.85. The zero-order valence-corrected chi connectivity index (χ0v) is 10.6. The standard InChI is InChI=1S/C11H13N5S/c1-6-5-7(2)9-10(16-17-15-9)8(6)14-11-12-3-4-13-11/h5H,3-4H2,1-2H3,(H2,12,13,14). The molecule has 0 saturated carbocycles. The normalized spacial score (nSPS) is 14.8. The maximum atomic E-state index is 4.37. The van der Waals surface area contributed by atoms with Gasteiger partial charge in [0.25, 0.3) is 0 Å². The van der Waals surface area contributed by atoms with E-state index in [1.54, 1.807) is 0 Å². The molecular weight excluding hydrogens is 234 g/mol. The number of hydrogen-bond acceptors (Lipinski definition) is 6. The van der Waals surface area contributed by atoms with Crippen molar-refractivity contribution in [2.75, 3.05) is 18.4 Å². The number of guanidine groups is 1. The van der Waals surface area contributed by atoms with Crippen LogP contribution in [0.4, 0.5) is 5.69 Å². The van der Waals surface area contributed by atoms with E-state index in [2.05, 4.69) is 44.3 Å². The quantitative estimate of drug-likeness (QED) is 0.805. The summed E-state index contributed by atoms with van der Waals surface area (Å²) in [6, 6.07) is 2.13. The molecule has 17 heavy (non-hydrogen) atoms. The maximum Gasteiger partial charge on any atom is 0.195 e. The van der Waals surface area contributed by atoms with Gasteiger partial charge in [0, 0.05) is 6.54 Å². The van der Waals surface area contributed by atoms with Crippen LogP contribution >= 0.6 is 11.7 Å². The number of aryl methyl sites for hydroxylation is 2. The zero-order valence-electron chi connectivity index (χ0n) is 9.74. The predicted molar refractivity (Wildman–Crippen MR) is 70.8 cm³/mol. The zero-order chi connectivity index (χ0) is 11.8. The third-order valence-corrected chi connectivity index (χ3v) is 3.37. The Morgan fingerprint density at radius 3 is 2.82 bits per heavy atom. The molecule has 88 valence electrons. The van der Waals surface area contributed by atoms with Crippen molar-refractivity contribution in [3.05, 3.63) is 17.2 Å². The van der Waals surface area contributed by atoms with E-state index >= 15 is 0 Å². The molecule has 6 heteroatoms. The summed E-state index contributed by atoms with van der Waals surface area (Å²) in [7, 11) is 0. The molecule has 0 fully saturated rings. The SMILES string of the molecule is Cc1cc(C)c2nsnc2c1NC1=NCCN1. The molecule has 0 amide bonds. The van der Waals surface area contributed by atoms with Crippen molar-refractivity contribution in [3.8, 4) is 0 Å². The average Bonchev–Trinajstić information content (AvgIpc) is 2.95. The number of anilines is 1. The van der Waals surface area contributed by atoms with E-state index < -0.39 is 0 Å². The molecule has 1 aromatic heterocycles. The van der Waals surface area contributed by atoms with Crippen LogP contribution in [-0.2, 0) is 0 Å². The highest BCUT2D eigenvalue weighted by atomic mass is 32.1. The van der Waals surface area contributed by atoms with Gasteiger partial charge in [-0.1, -0.05) is 6.07 Å². The lowest BCUT2D eigenvalue weighted by molar-refractivity contribution is 0.959. The lowest BCUT2D eigenvalue weighted by Crippen LogP contribution is -2.26. The molecular formula is C11H13N5S. The van der Waals surface area contributed by atoms with Crippen molar-refractivity contribution in [2.45, 2.75) is 13.8 Å². The minimum Gasteiger partial charge on any atom is -0.354 e. The van der Waals surface area contributed by atoms with E-state index in [1.807, 2.05) is 0 Å². The van der Waals surface area contributed by atoms with E-state index in [0.717, 1.165) is 41.3 Å². The van der Waals surface area contributed by atoms with Gasteiger partial charge < -0.3 is 10.6 Å². The number of fused-ring (bicyclic) bond motifs is 1. The fourth-order valence-corrected chi connectivity index (χ4v) is 2.63. The van der Waals surface area contributed by atoms with Crippen LogP contribution in [0.2, 0.25) is 0 Å². The summed E-state index contributed by atoms with van der Waals surface area (Å²) in [5.41, 5.74) is 5.25. The molecule has 2 heterocycles. The molecule has 0 aliphatic carbocycles. The van der Waals surface area contributed by atoms with Gasteiger partial charge in [-0.15, -0.1) is 0 Å². The topological polar surface area (TPSA) is 62.2 Å². The Labute approximate surface area is 103 Å². The maximum absolute atomic E-state index is 4.37. The molecule has 3 rings (SSSR count). The molecule has 0 unspecified atom stereocenters. The minimum absolute atomic E-state index is 0.825. The second-order valence-electron chi connectivity index (χ2n) is 4.13. The van der Waals surface area contributed by atoms with Crippen LogP contribution in [0.5, 0.6) is 0 Å². The van der Waals surface area contributed by atoms with E-state index in [0.29, 0.717) is 0 Å². The van der Waals surface area contributed by atoms with Crippen LogP contribution in [0.25, 0.3) is 11.0 Å². The first-order valence-electron chi connectivity index (χ1n) is 5.53. The van der Waals surface area contributed by atoms with Crippen LogP contribution in [0.3, 0.4) is 0 Å². The Balaban J connectivity index is 2.11. The number of nitrogens with zero attached hydrogens (tertiary/aromatic N) is 3. The summed E-state index contributed by atoms with van der Waals surface area (Å²) in [5, 5.41) is 6.51. The number of aliphatic imine (C=N–C) groups is 1. The second kappa shape index (κ2) is 3.96. The number of aromatic nitrogens is 2. The second-order valence-corrected chi connectivity index (χ2v) is 4.66. The van der Waals surface area contributed by atoms with E-state index in [-0.39, 0.29) is 0 Å². The van der Waals surface area contributed by atoms with Gasteiger partial charge >= 0.3 is 0 Å². The highest BCUT2D eigenvalue weighted by molar-refractivity contribution is 7.00. The Kier molecular flexibility index (Phi) is 2.44. The molecule has 0 spiro atoms. The van der Waals surface area contributed by atoms with Gasteiger partial charge in [-0.05, 0) is 25.0 Å². The Hall–Kier alpha value is -1.69. The predicted octanol–water partition coefficient (Wildman–Crippen LogP) is 1.68. The van der Waals surface area contributed by atoms with Gasteiger partial charge in [-0.25, -0.2) is 0 Å². The summed E-state index contributed by atoms with van der Waals surface area (Å²) in [5.74, 6) is 0.825. The lowest BCUT2D eigenvalue weighted by atomic mass is 10.1. The van der Waals surface area contributed by atoms with Gasteiger partial charge in [0.15, 0.2) is 5.96 Å². The van der Waals surface area contributed by atoms with Gasteiger partial charge in [0.1, 0.15) is 11.0 Å². The third kappa shape index (κ3) is 1.74. The molecule has 1 aliphatic rings. The number of rotatable bonds is 1. The first-order valence-corrected chi connectivity index (χ1v) is 6.26. The Bertz CT molecular complexity index is 601. The molecule has 1 aromatic carbocycles. The first-order chi connectivity index (χ1) is 8.25. The molecule has 0 radical (unpaired) electrons. The Morgan fingerprint density at radius 1 is 1.24 bits per heavy atom. The van der Waals surface area contributed by atoms with Crippen molar-refractivity contribution in [2.24, 2.45) is 4.99 Å². The molecule has 0 bridgehead atoms. The van der Waals surface area contributed by atoms with Crippen molar-refractivity contribution >= 4 is 34.4 Å². The highest BCUT2D eigenvalue weighted by Gasteiger charge is 2.14. The van der Waals surface area contributed by atoms with Crippen LogP contribution in [0, 0.1) is 13.8 Å². The number of benzene rings is 1. The fourth-order valence-electron chi connectivity index (χ4n) is 2.02. The van der Waals surface area contributed by atoms with Crippen molar-refractivity contribution in [3.63, 3.8) is 0 Å². The van der Waals surface area contributed by atoms with Crippen LogP contribution in [0.15, 0.2) is 11.1 Å². The van der Waals surface area contributed by atoms with Crippen molar-refractivity contribution < 1.29 is 0 Å². The van der Waals surface area contributed by atoms with E-state index in [4.69, 9.17) is 0 Å². The van der Waals surface area contributed by atoms with Gasteiger partial charge in [-0.2, -0.15) is 8.75 Å². The largest absolute Gasteiger partial charge is 0.354 e. The summed E-state index contributed by atoms with van der Waals surface area (Å²) in [6.07, 6.45) is 0. The fraction of sp³-hybridized carbons (Fsp3) is 0.364. The first kappa shape index (κ1) is 10.5. The summed E-state index contributed by atoms with van der Waals surface area (Å²) < 4.78 is 8.69. The van der Waals surface area contributed by atoms with Crippen molar-refractivity contribution in [1.29, 1.82) is 0 Å². The molecule has 1 aliphatic heterocycles. The summed E-state index contributed by atoms with van der Waals surface area (Å²) in [4.78, 5) is 4.34. The highest BCUT2D eigenvalue weighted by Crippen LogP contribution is 2.28. The lowest BCUT2D eigenvalue weighted by Gasteiger charge is -2.11. The molecule has 5 nitrogen and oxygen atoms in total. The van der Waals surface area contributed by atoms with Crippen molar-refractivity contribution in [1.82, 2.24) is 14.1 Å². The van der Waals surface area contributed by atoms with Crippen LogP contribution in [0.1, 0.15) is 11.1 Å². The van der Waals surface area contributed by atoms with Gasteiger partial charge in [-0.3, -0.25) is 4.99 Å². The van der Waals surface area contributed by atoms with Crippen LogP contribution < -0.4 is 10.6 Å². The summed E-state index contributed by atoms with van der Waals surface area (Å²) >= 11 is 1.25. The van der Waals surface area contributed by atoms with Gasteiger partial charge in [0.05, 0.1) is 24.0 Å². The number of nitrogens with one attached hydrogen (secondary N) is 2. The van der Waals surface area contributed by atoms with E-state index in [1.165, 1.54) is 17.3 Å². The average molecular weight is 247 g/mol.